The zero-order chi connectivity index (χ0) is 19.1. The number of carbonyl (C=O) groups is 1. The number of anilines is 1. The van der Waals surface area contributed by atoms with Gasteiger partial charge in [-0.25, -0.2) is 0 Å². The molecule has 1 N–H and O–H groups in total. The number of nitro benzene ring substituents is 1. The maximum atomic E-state index is 12.8. The van der Waals surface area contributed by atoms with Crippen LogP contribution in [-0.2, 0) is 17.6 Å². The number of rotatable bonds is 3. The number of hydrogen-bond acceptors (Lipinski definition) is 4. The van der Waals surface area contributed by atoms with Crippen LogP contribution in [0.15, 0.2) is 47.3 Å². The first kappa shape index (κ1) is 17.0. The van der Waals surface area contributed by atoms with Crippen molar-refractivity contribution in [1.29, 1.82) is 0 Å². The summed E-state index contributed by atoms with van der Waals surface area (Å²) < 4.78 is 0. The lowest BCUT2D eigenvalue weighted by atomic mass is 10.1. The summed E-state index contributed by atoms with van der Waals surface area (Å²) >= 11 is 0. The average molecular weight is 363 g/mol. The van der Waals surface area contributed by atoms with Gasteiger partial charge >= 0.3 is 0 Å². The van der Waals surface area contributed by atoms with Gasteiger partial charge in [0.25, 0.3) is 11.2 Å². The second-order valence-electron chi connectivity index (χ2n) is 6.75. The van der Waals surface area contributed by atoms with E-state index < -0.39 is 4.92 Å². The van der Waals surface area contributed by atoms with Crippen molar-refractivity contribution in [3.8, 4) is 0 Å². The third-order valence-corrected chi connectivity index (χ3v) is 4.93. The van der Waals surface area contributed by atoms with Crippen LogP contribution in [0.25, 0.3) is 10.9 Å². The van der Waals surface area contributed by atoms with E-state index in [9.17, 15) is 19.7 Å². The number of aromatic nitrogens is 1. The number of non-ortho nitro benzene ring substituents is 1. The summed E-state index contributed by atoms with van der Waals surface area (Å²) in [5.74, 6) is -0.102. The molecule has 27 heavy (non-hydrogen) atoms. The van der Waals surface area contributed by atoms with Gasteiger partial charge in [-0.3, -0.25) is 19.7 Å². The van der Waals surface area contributed by atoms with E-state index in [0.29, 0.717) is 24.2 Å². The van der Waals surface area contributed by atoms with Crippen molar-refractivity contribution in [1.82, 2.24) is 4.98 Å². The lowest BCUT2D eigenvalue weighted by Crippen LogP contribution is -2.30. The van der Waals surface area contributed by atoms with Gasteiger partial charge in [0.1, 0.15) is 0 Å². The van der Waals surface area contributed by atoms with Gasteiger partial charge in [0, 0.05) is 29.8 Å². The number of nitro groups is 1. The van der Waals surface area contributed by atoms with Gasteiger partial charge in [-0.05, 0) is 48.1 Å². The molecule has 136 valence electrons. The summed E-state index contributed by atoms with van der Waals surface area (Å²) in [5, 5.41) is 11.9. The smallest absolute Gasteiger partial charge is 0.271 e. The average Bonchev–Trinajstić information content (AvgIpc) is 3.06. The number of benzene rings is 2. The second kappa shape index (κ2) is 6.35. The van der Waals surface area contributed by atoms with Gasteiger partial charge in [0.2, 0.25) is 5.91 Å². The van der Waals surface area contributed by atoms with Crippen molar-refractivity contribution in [2.24, 2.45) is 0 Å². The number of nitrogens with zero attached hydrogens (tertiary/aromatic N) is 2. The number of H-pyrrole nitrogens is 1. The Labute approximate surface area is 154 Å². The van der Waals surface area contributed by atoms with Crippen LogP contribution >= 0.6 is 0 Å². The molecule has 0 atom stereocenters. The van der Waals surface area contributed by atoms with Crippen LogP contribution in [0.2, 0.25) is 0 Å². The summed E-state index contributed by atoms with van der Waals surface area (Å²) in [6, 6.07) is 12.0. The minimum Gasteiger partial charge on any atom is -0.322 e. The van der Waals surface area contributed by atoms with Crippen molar-refractivity contribution in [2.45, 2.75) is 19.8 Å². The number of amides is 1. The van der Waals surface area contributed by atoms with Crippen molar-refractivity contribution in [3.63, 3.8) is 0 Å². The molecule has 0 unspecified atom stereocenters. The zero-order valence-corrected chi connectivity index (χ0v) is 14.7. The maximum absolute atomic E-state index is 12.8. The van der Waals surface area contributed by atoms with Gasteiger partial charge in [-0.1, -0.05) is 12.1 Å². The molecular weight excluding hydrogens is 346 g/mol. The molecule has 2 heterocycles. The standard InChI is InChI=1S/C20H17N3O4/c1-12-8-15-9-13(2-5-17(15)21-20(12)25)10-19(24)22-7-6-14-3-4-16(23(26)27)11-18(14)22/h2-5,8-9,11H,6-7,10H2,1H3,(H,21,25). The van der Waals surface area contributed by atoms with Crippen LogP contribution in [0.3, 0.4) is 0 Å². The molecule has 0 saturated carbocycles. The first-order chi connectivity index (χ1) is 12.9. The Balaban J connectivity index is 1.61. The zero-order valence-electron chi connectivity index (χ0n) is 14.7. The van der Waals surface area contributed by atoms with E-state index in [0.717, 1.165) is 22.0 Å². The second-order valence-corrected chi connectivity index (χ2v) is 6.75. The molecule has 0 radical (unpaired) electrons. The minimum absolute atomic E-state index is 0.0152. The first-order valence-corrected chi connectivity index (χ1v) is 8.62. The lowest BCUT2D eigenvalue weighted by molar-refractivity contribution is -0.384. The normalized spacial score (nSPS) is 13.0. The summed E-state index contributed by atoms with van der Waals surface area (Å²) in [5.41, 5.74) is 3.60. The highest BCUT2D eigenvalue weighted by Gasteiger charge is 2.26. The molecule has 1 aliphatic heterocycles. The Morgan fingerprint density at radius 3 is 2.81 bits per heavy atom. The van der Waals surface area contributed by atoms with Crippen LogP contribution in [0.4, 0.5) is 11.4 Å². The number of carbonyl (C=O) groups excluding carboxylic acids is 1. The van der Waals surface area contributed by atoms with Crippen LogP contribution < -0.4 is 10.5 Å². The largest absolute Gasteiger partial charge is 0.322 e. The molecule has 0 saturated heterocycles. The molecule has 1 amide bonds. The number of aryl methyl sites for hydroxylation is 1. The fraction of sp³-hybridized carbons (Fsp3) is 0.200. The topological polar surface area (TPSA) is 96.3 Å². The van der Waals surface area contributed by atoms with E-state index in [-0.39, 0.29) is 23.6 Å². The van der Waals surface area contributed by atoms with E-state index in [4.69, 9.17) is 0 Å². The molecule has 0 bridgehead atoms. The fourth-order valence-corrected chi connectivity index (χ4v) is 3.49. The van der Waals surface area contributed by atoms with Crippen LogP contribution in [-0.4, -0.2) is 22.4 Å². The summed E-state index contributed by atoms with van der Waals surface area (Å²) in [6.45, 7) is 2.26. The van der Waals surface area contributed by atoms with E-state index >= 15 is 0 Å². The monoisotopic (exact) mass is 363 g/mol. The molecule has 0 aliphatic carbocycles. The van der Waals surface area contributed by atoms with E-state index in [1.54, 1.807) is 30.0 Å². The number of fused-ring (bicyclic) bond motifs is 2. The molecule has 4 rings (SSSR count). The Hall–Kier alpha value is -3.48. The summed E-state index contributed by atoms with van der Waals surface area (Å²) in [7, 11) is 0. The number of pyridine rings is 1. The molecule has 2 aromatic carbocycles. The predicted octanol–water partition coefficient (Wildman–Crippen LogP) is 2.88. The third-order valence-electron chi connectivity index (χ3n) is 4.93. The highest BCUT2D eigenvalue weighted by Crippen LogP contribution is 2.32. The Kier molecular flexibility index (Phi) is 3.99. The Morgan fingerprint density at radius 1 is 1.22 bits per heavy atom. The molecular formula is C20H17N3O4. The van der Waals surface area contributed by atoms with Crippen molar-refractivity contribution >= 4 is 28.2 Å². The first-order valence-electron chi connectivity index (χ1n) is 8.62. The van der Waals surface area contributed by atoms with Crippen molar-refractivity contribution < 1.29 is 9.72 Å². The van der Waals surface area contributed by atoms with Gasteiger partial charge in [0.15, 0.2) is 0 Å². The Morgan fingerprint density at radius 2 is 2.04 bits per heavy atom. The van der Waals surface area contributed by atoms with E-state index in [1.165, 1.54) is 12.1 Å². The number of nitrogens with one attached hydrogen (secondary N) is 1. The summed E-state index contributed by atoms with van der Waals surface area (Å²) in [4.78, 5) is 39.5. The molecule has 7 heteroatoms. The predicted molar refractivity (Wildman–Crippen MR) is 102 cm³/mol. The van der Waals surface area contributed by atoms with Gasteiger partial charge in [0.05, 0.1) is 17.0 Å². The number of aromatic amines is 1. The third kappa shape index (κ3) is 3.08. The Bertz CT molecular complexity index is 1150. The minimum atomic E-state index is -0.451. The van der Waals surface area contributed by atoms with Crippen molar-refractivity contribution in [3.05, 3.63) is 79.6 Å². The van der Waals surface area contributed by atoms with Gasteiger partial charge in [-0.2, -0.15) is 0 Å². The SMILES string of the molecule is Cc1cc2cc(CC(=O)N3CCc4ccc([N+](=O)[O-])cc43)ccc2[nH]c1=O. The van der Waals surface area contributed by atoms with Crippen molar-refractivity contribution in [2.75, 3.05) is 11.4 Å². The fourth-order valence-electron chi connectivity index (χ4n) is 3.49. The number of hydrogen-bond donors (Lipinski definition) is 1. The maximum Gasteiger partial charge on any atom is 0.271 e. The molecule has 1 aromatic heterocycles. The quantitative estimate of drug-likeness (QED) is 0.572. The summed E-state index contributed by atoms with van der Waals surface area (Å²) in [6.07, 6.45) is 0.882. The molecule has 7 nitrogen and oxygen atoms in total. The highest BCUT2D eigenvalue weighted by atomic mass is 16.6. The molecule has 1 aliphatic rings. The van der Waals surface area contributed by atoms with Crippen LogP contribution in [0.1, 0.15) is 16.7 Å². The molecule has 3 aromatic rings. The highest BCUT2D eigenvalue weighted by molar-refractivity contribution is 5.97. The molecule has 0 spiro atoms. The van der Waals surface area contributed by atoms with E-state index in [1.807, 2.05) is 12.1 Å². The molecule has 0 fully saturated rings. The lowest BCUT2D eigenvalue weighted by Gasteiger charge is -2.17. The van der Waals surface area contributed by atoms with Gasteiger partial charge in [-0.15, -0.1) is 0 Å². The van der Waals surface area contributed by atoms with Gasteiger partial charge < -0.3 is 9.88 Å². The van der Waals surface area contributed by atoms with Crippen LogP contribution in [0, 0.1) is 17.0 Å². The van der Waals surface area contributed by atoms with E-state index in [2.05, 4.69) is 4.98 Å². The van der Waals surface area contributed by atoms with Crippen LogP contribution in [0.5, 0.6) is 0 Å².